The van der Waals surface area contributed by atoms with Crippen molar-refractivity contribution in [1.82, 2.24) is 4.90 Å². The molecule has 0 aliphatic rings. The summed E-state index contributed by atoms with van der Waals surface area (Å²) in [5, 5.41) is 0. The highest BCUT2D eigenvalue weighted by molar-refractivity contribution is 5.96. The van der Waals surface area contributed by atoms with Gasteiger partial charge in [-0.3, -0.25) is 4.79 Å². The molecule has 2 aromatic rings. The van der Waals surface area contributed by atoms with Crippen molar-refractivity contribution in [1.29, 1.82) is 0 Å². The fourth-order valence-electron chi connectivity index (χ4n) is 3.23. The van der Waals surface area contributed by atoms with Crippen molar-refractivity contribution >= 4 is 17.8 Å². The van der Waals surface area contributed by atoms with E-state index in [1.54, 1.807) is 59.1 Å². The van der Waals surface area contributed by atoms with Crippen molar-refractivity contribution in [3.63, 3.8) is 0 Å². The topological polar surface area (TPSA) is 91.4 Å². The maximum absolute atomic E-state index is 13.3. The first-order valence-electron chi connectivity index (χ1n) is 11.8. The molecule has 2 rings (SSSR count). The van der Waals surface area contributed by atoms with Gasteiger partial charge in [0, 0.05) is 18.7 Å². The van der Waals surface area contributed by atoms with Gasteiger partial charge in [-0.15, -0.1) is 0 Å². The molecule has 0 aliphatic carbocycles. The van der Waals surface area contributed by atoms with E-state index in [-0.39, 0.29) is 26.4 Å². The Kier molecular flexibility index (Phi) is 11.1. The summed E-state index contributed by atoms with van der Waals surface area (Å²) < 4.78 is 21.5. The van der Waals surface area contributed by atoms with E-state index in [9.17, 15) is 14.4 Å². The number of carbonyl (C=O) groups is 3. The van der Waals surface area contributed by atoms with E-state index >= 15 is 0 Å². The normalized spacial score (nSPS) is 12.1. The number of carbonyl (C=O) groups excluding carboxylic acids is 3. The monoisotopic (exact) mass is 497 g/mol. The second-order valence-corrected chi connectivity index (χ2v) is 8.95. The van der Waals surface area contributed by atoms with E-state index in [1.165, 1.54) is 4.90 Å². The van der Waals surface area contributed by atoms with Gasteiger partial charge in [-0.25, -0.2) is 9.59 Å². The molecular weight excluding hydrogens is 462 g/mol. The van der Waals surface area contributed by atoms with Crippen molar-refractivity contribution in [2.75, 3.05) is 20.3 Å². The molecule has 0 saturated carbocycles. The highest BCUT2D eigenvalue weighted by Crippen LogP contribution is 2.17. The Morgan fingerprint density at radius 3 is 2.19 bits per heavy atom. The molecule has 1 amide bonds. The van der Waals surface area contributed by atoms with Crippen LogP contribution < -0.4 is 4.74 Å². The number of hydrogen-bond donors (Lipinski definition) is 0. The lowest BCUT2D eigenvalue weighted by atomic mass is 10.1. The van der Waals surface area contributed by atoms with Crippen LogP contribution >= 0.6 is 0 Å². The Labute approximate surface area is 212 Å². The van der Waals surface area contributed by atoms with Crippen LogP contribution in [0.4, 0.5) is 0 Å². The largest absolute Gasteiger partial charge is 0.497 e. The van der Waals surface area contributed by atoms with Gasteiger partial charge in [-0.1, -0.05) is 42.5 Å². The quantitative estimate of drug-likeness (QED) is 0.322. The Bertz CT molecular complexity index is 1010. The highest BCUT2D eigenvalue weighted by atomic mass is 16.6. The van der Waals surface area contributed by atoms with Crippen molar-refractivity contribution in [2.24, 2.45) is 0 Å². The van der Waals surface area contributed by atoms with Gasteiger partial charge in [0.15, 0.2) is 6.04 Å². The van der Waals surface area contributed by atoms with E-state index in [1.807, 2.05) is 30.3 Å². The lowest BCUT2D eigenvalue weighted by Gasteiger charge is -2.29. The minimum Gasteiger partial charge on any atom is -0.497 e. The Morgan fingerprint density at radius 1 is 0.944 bits per heavy atom. The second kappa shape index (κ2) is 14.0. The van der Waals surface area contributed by atoms with Crippen molar-refractivity contribution in [3.05, 3.63) is 77.9 Å². The average molecular weight is 498 g/mol. The average Bonchev–Trinajstić information content (AvgIpc) is 2.84. The van der Waals surface area contributed by atoms with Crippen LogP contribution in [-0.4, -0.2) is 54.7 Å². The van der Waals surface area contributed by atoms with Gasteiger partial charge < -0.3 is 23.8 Å². The minimum atomic E-state index is -1.04. The summed E-state index contributed by atoms with van der Waals surface area (Å²) in [6.07, 6.45) is 2.16. The SMILES string of the molecule is CCOC(=O)[C@H](COCc1ccccc1)N(Cc1ccc(OC)cc1)C(=O)/C=C/C(=O)OC(C)(C)C. The summed E-state index contributed by atoms with van der Waals surface area (Å²) in [5.74, 6) is -1.15. The first-order chi connectivity index (χ1) is 17.1. The molecule has 0 bridgehead atoms. The zero-order chi connectivity index (χ0) is 26.6. The van der Waals surface area contributed by atoms with Crippen molar-refractivity contribution in [3.8, 4) is 5.75 Å². The summed E-state index contributed by atoms with van der Waals surface area (Å²) >= 11 is 0. The number of rotatable bonds is 12. The van der Waals surface area contributed by atoms with E-state index < -0.39 is 29.5 Å². The summed E-state index contributed by atoms with van der Waals surface area (Å²) in [6.45, 7) is 7.29. The lowest BCUT2D eigenvalue weighted by molar-refractivity contribution is -0.157. The molecule has 0 saturated heterocycles. The number of nitrogens with zero attached hydrogens (tertiary/aromatic N) is 1. The van der Waals surface area contributed by atoms with Gasteiger partial charge in [-0.05, 0) is 51.0 Å². The molecule has 0 N–H and O–H groups in total. The van der Waals surface area contributed by atoms with Gasteiger partial charge in [0.05, 0.1) is 26.9 Å². The third-order valence-electron chi connectivity index (χ3n) is 4.89. The summed E-state index contributed by atoms with van der Waals surface area (Å²) in [6, 6.07) is 15.6. The Hall–Kier alpha value is -3.65. The fraction of sp³-hybridized carbons (Fsp3) is 0.393. The highest BCUT2D eigenvalue weighted by Gasteiger charge is 2.31. The van der Waals surface area contributed by atoms with Crippen molar-refractivity contribution in [2.45, 2.75) is 52.5 Å². The smallest absolute Gasteiger partial charge is 0.331 e. The molecule has 0 aromatic heterocycles. The first-order valence-corrected chi connectivity index (χ1v) is 11.8. The molecule has 0 heterocycles. The van der Waals surface area contributed by atoms with E-state index in [4.69, 9.17) is 18.9 Å². The molecule has 36 heavy (non-hydrogen) atoms. The number of hydrogen-bond acceptors (Lipinski definition) is 7. The molecule has 0 unspecified atom stereocenters. The van der Waals surface area contributed by atoms with Crippen molar-refractivity contribution < 1.29 is 33.3 Å². The summed E-state index contributed by atoms with van der Waals surface area (Å²) in [7, 11) is 1.56. The third kappa shape index (κ3) is 9.92. The summed E-state index contributed by atoms with van der Waals surface area (Å²) in [4.78, 5) is 39.6. The molecule has 8 nitrogen and oxygen atoms in total. The minimum absolute atomic E-state index is 0.0830. The summed E-state index contributed by atoms with van der Waals surface area (Å²) in [5.41, 5.74) is 0.983. The lowest BCUT2D eigenvalue weighted by Crippen LogP contribution is -2.47. The zero-order valence-electron chi connectivity index (χ0n) is 21.6. The number of amides is 1. The van der Waals surface area contributed by atoms with Crippen LogP contribution in [0.5, 0.6) is 5.75 Å². The van der Waals surface area contributed by atoms with Crippen LogP contribution in [0.2, 0.25) is 0 Å². The number of methoxy groups -OCH3 is 1. The maximum atomic E-state index is 13.3. The van der Waals surface area contributed by atoms with Gasteiger partial charge >= 0.3 is 11.9 Å². The second-order valence-electron chi connectivity index (χ2n) is 8.95. The fourth-order valence-corrected chi connectivity index (χ4v) is 3.23. The number of benzene rings is 2. The predicted molar refractivity (Wildman–Crippen MR) is 135 cm³/mol. The number of ether oxygens (including phenoxy) is 4. The Balaban J connectivity index is 2.29. The maximum Gasteiger partial charge on any atom is 0.331 e. The molecule has 2 aromatic carbocycles. The van der Waals surface area contributed by atoms with E-state index in [0.717, 1.165) is 23.3 Å². The van der Waals surface area contributed by atoms with E-state index in [2.05, 4.69) is 0 Å². The molecule has 1 atom stereocenters. The van der Waals surface area contributed by atoms with Gasteiger partial charge in [0.25, 0.3) is 0 Å². The van der Waals surface area contributed by atoms with Crippen LogP contribution in [0, 0.1) is 0 Å². The van der Waals surface area contributed by atoms with Gasteiger partial charge in [-0.2, -0.15) is 0 Å². The van der Waals surface area contributed by atoms with Crippen LogP contribution in [0.15, 0.2) is 66.7 Å². The standard InChI is InChI=1S/C28H35NO7/c1-6-35-27(32)24(20-34-19-22-10-8-7-9-11-22)29(18-21-12-14-23(33-5)15-13-21)25(30)16-17-26(31)36-28(2,3)4/h7-17,24H,6,18-20H2,1-5H3/b17-16+/t24-/m0/s1. The predicted octanol–water partition coefficient (Wildman–Crippen LogP) is 4.07. The van der Waals surface area contributed by atoms with Gasteiger partial charge in [0.2, 0.25) is 5.91 Å². The zero-order valence-corrected chi connectivity index (χ0v) is 21.6. The van der Waals surface area contributed by atoms with E-state index in [0.29, 0.717) is 5.75 Å². The molecule has 0 fully saturated rings. The molecule has 0 radical (unpaired) electrons. The van der Waals surface area contributed by atoms with Gasteiger partial charge in [0.1, 0.15) is 11.4 Å². The molecular formula is C28H35NO7. The van der Waals surface area contributed by atoms with Crippen LogP contribution in [-0.2, 0) is 41.7 Å². The molecule has 0 spiro atoms. The molecule has 0 aliphatic heterocycles. The third-order valence-corrected chi connectivity index (χ3v) is 4.89. The van der Waals surface area contributed by atoms with Crippen LogP contribution in [0.1, 0.15) is 38.8 Å². The van der Waals surface area contributed by atoms with Crippen LogP contribution in [0.25, 0.3) is 0 Å². The first kappa shape index (κ1) is 28.6. The number of esters is 2. The molecule has 194 valence electrons. The molecule has 8 heteroatoms. The Morgan fingerprint density at radius 2 is 1.61 bits per heavy atom. The van der Waals surface area contributed by atoms with Crippen LogP contribution in [0.3, 0.4) is 0 Å².